The molecule has 1 unspecified atom stereocenters. The van der Waals surface area contributed by atoms with E-state index in [1.807, 2.05) is 12.1 Å². The maximum atomic E-state index is 5.80. The summed E-state index contributed by atoms with van der Waals surface area (Å²) in [5, 5.41) is 2.50. The highest BCUT2D eigenvalue weighted by molar-refractivity contribution is 8.10. The maximum Gasteiger partial charge on any atom is 0.133 e. The van der Waals surface area contributed by atoms with Crippen molar-refractivity contribution in [1.82, 2.24) is 4.90 Å². The first-order chi connectivity index (χ1) is 12.2. The van der Waals surface area contributed by atoms with Crippen LogP contribution >= 0.6 is 24.8 Å². The molecular weight excluding hydrogens is 346 g/mol. The Morgan fingerprint density at radius 2 is 1.80 bits per heavy atom. The van der Waals surface area contributed by atoms with Crippen LogP contribution in [0, 0.1) is 0 Å². The molecule has 0 N–H and O–H groups in total. The van der Waals surface area contributed by atoms with Crippen LogP contribution in [0.1, 0.15) is 17.0 Å². The number of hydrogen-bond acceptors (Lipinski definition) is 2. The molecule has 1 heterocycles. The summed E-state index contributed by atoms with van der Waals surface area (Å²) in [5.41, 5.74) is 2.50. The Hall–Kier alpha value is -2.04. The maximum absolute atomic E-state index is 5.80. The molecule has 0 saturated carbocycles. The first-order valence-corrected chi connectivity index (χ1v) is 9.23. The standard InChI is InChI=1S/C21H19NOS2/c24-21(25)22(13-18-14-23-20-8-4-3-7-19(18)20)12-15-9-10-16-5-1-2-6-17(16)11-15/h1-11,18H,12-14H2,(H,24,25). The Bertz CT molecular complexity index is 924. The van der Waals surface area contributed by atoms with Gasteiger partial charge >= 0.3 is 0 Å². The quantitative estimate of drug-likeness (QED) is 0.514. The van der Waals surface area contributed by atoms with Gasteiger partial charge in [-0.25, -0.2) is 0 Å². The Balaban J connectivity index is 1.54. The highest BCUT2D eigenvalue weighted by Crippen LogP contribution is 2.34. The molecule has 4 heteroatoms. The average Bonchev–Trinajstić information content (AvgIpc) is 3.04. The lowest BCUT2D eigenvalue weighted by atomic mass is 10.0. The largest absolute Gasteiger partial charge is 0.493 e. The third-order valence-corrected chi connectivity index (χ3v) is 5.24. The van der Waals surface area contributed by atoms with E-state index in [0.29, 0.717) is 16.8 Å². The van der Waals surface area contributed by atoms with Gasteiger partial charge in [-0.3, -0.25) is 0 Å². The van der Waals surface area contributed by atoms with E-state index < -0.39 is 0 Å². The second-order valence-corrected chi connectivity index (χ2v) is 7.50. The second kappa shape index (κ2) is 7.06. The Morgan fingerprint density at radius 1 is 1.04 bits per heavy atom. The molecule has 1 atom stereocenters. The van der Waals surface area contributed by atoms with Crippen LogP contribution in [0.5, 0.6) is 5.75 Å². The summed E-state index contributed by atoms with van der Waals surface area (Å²) in [7, 11) is 0. The van der Waals surface area contributed by atoms with Gasteiger partial charge in [0.1, 0.15) is 10.1 Å². The molecule has 25 heavy (non-hydrogen) atoms. The smallest absolute Gasteiger partial charge is 0.133 e. The van der Waals surface area contributed by atoms with Crippen molar-refractivity contribution in [3.05, 3.63) is 77.9 Å². The number of para-hydroxylation sites is 1. The summed E-state index contributed by atoms with van der Waals surface area (Å²) < 4.78 is 6.43. The molecule has 3 aromatic carbocycles. The van der Waals surface area contributed by atoms with Crippen molar-refractivity contribution < 1.29 is 4.74 Å². The monoisotopic (exact) mass is 365 g/mol. The summed E-state index contributed by atoms with van der Waals surface area (Å²) >= 11 is 9.85. The summed E-state index contributed by atoms with van der Waals surface area (Å²) in [6.07, 6.45) is 0. The van der Waals surface area contributed by atoms with Gasteiger partial charge in [0, 0.05) is 24.6 Å². The number of nitrogens with zero attached hydrogens (tertiary/aromatic N) is 1. The van der Waals surface area contributed by atoms with Gasteiger partial charge in [0.05, 0.1) is 6.61 Å². The van der Waals surface area contributed by atoms with Gasteiger partial charge in [-0.2, -0.15) is 0 Å². The van der Waals surface area contributed by atoms with Gasteiger partial charge < -0.3 is 9.64 Å². The van der Waals surface area contributed by atoms with Gasteiger partial charge in [0.25, 0.3) is 0 Å². The number of fused-ring (bicyclic) bond motifs is 2. The van der Waals surface area contributed by atoms with E-state index in [1.165, 1.54) is 21.9 Å². The van der Waals surface area contributed by atoms with E-state index in [0.717, 1.165) is 18.8 Å². The molecule has 1 aliphatic heterocycles. The van der Waals surface area contributed by atoms with Gasteiger partial charge in [-0.15, -0.1) is 12.6 Å². The zero-order chi connectivity index (χ0) is 17.2. The molecule has 0 amide bonds. The molecule has 0 bridgehead atoms. The zero-order valence-electron chi connectivity index (χ0n) is 13.8. The molecule has 2 nitrogen and oxygen atoms in total. The van der Waals surface area contributed by atoms with Gasteiger partial charge in [0.15, 0.2) is 0 Å². The molecule has 0 fully saturated rings. The molecule has 0 aliphatic carbocycles. The molecule has 0 spiro atoms. The van der Waals surface area contributed by atoms with Crippen LogP contribution < -0.4 is 4.74 Å². The lowest BCUT2D eigenvalue weighted by molar-refractivity contribution is 0.298. The van der Waals surface area contributed by atoms with E-state index in [2.05, 4.69) is 72.1 Å². The van der Waals surface area contributed by atoms with Crippen LogP contribution in [0.2, 0.25) is 0 Å². The number of thiocarbonyl (C=S) groups is 1. The summed E-state index contributed by atoms with van der Waals surface area (Å²) in [5.74, 6) is 1.31. The fourth-order valence-corrected chi connectivity index (χ4v) is 3.71. The first kappa shape index (κ1) is 16.4. The number of ether oxygens (including phenoxy) is 1. The van der Waals surface area contributed by atoms with Crippen molar-refractivity contribution in [2.75, 3.05) is 13.2 Å². The van der Waals surface area contributed by atoms with E-state index in [1.54, 1.807) is 0 Å². The number of thiol groups is 1. The van der Waals surface area contributed by atoms with Gasteiger partial charge in [-0.1, -0.05) is 66.8 Å². The number of hydrogen-bond donors (Lipinski definition) is 1. The van der Waals surface area contributed by atoms with Gasteiger partial charge in [-0.05, 0) is 28.5 Å². The first-order valence-electron chi connectivity index (χ1n) is 8.38. The van der Waals surface area contributed by atoms with Crippen LogP contribution in [0.4, 0.5) is 0 Å². The molecule has 0 radical (unpaired) electrons. The summed E-state index contributed by atoms with van der Waals surface area (Å²) in [6, 6.07) is 23.2. The minimum Gasteiger partial charge on any atom is -0.493 e. The van der Waals surface area contributed by atoms with Crippen molar-refractivity contribution >= 4 is 39.9 Å². The Labute approximate surface area is 158 Å². The van der Waals surface area contributed by atoms with Crippen molar-refractivity contribution in [3.8, 4) is 5.75 Å². The molecule has 3 aromatic rings. The minimum absolute atomic E-state index is 0.321. The predicted octanol–water partition coefficient (Wildman–Crippen LogP) is 5.03. The highest BCUT2D eigenvalue weighted by Gasteiger charge is 2.26. The predicted molar refractivity (Wildman–Crippen MR) is 111 cm³/mol. The van der Waals surface area contributed by atoms with Gasteiger partial charge in [0.2, 0.25) is 0 Å². The molecular formula is C21H19NOS2. The van der Waals surface area contributed by atoms with E-state index in [-0.39, 0.29) is 0 Å². The van der Waals surface area contributed by atoms with Crippen molar-refractivity contribution in [2.24, 2.45) is 0 Å². The molecule has 126 valence electrons. The second-order valence-electron chi connectivity index (χ2n) is 6.39. The highest BCUT2D eigenvalue weighted by atomic mass is 32.1. The Morgan fingerprint density at radius 3 is 2.64 bits per heavy atom. The molecule has 0 aromatic heterocycles. The lowest BCUT2D eigenvalue weighted by Crippen LogP contribution is -2.31. The van der Waals surface area contributed by atoms with E-state index >= 15 is 0 Å². The number of rotatable bonds is 4. The van der Waals surface area contributed by atoms with E-state index in [9.17, 15) is 0 Å². The van der Waals surface area contributed by atoms with Crippen molar-refractivity contribution in [2.45, 2.75) is 12.5 Å². The molecule has 4 rings (SSSR count). The average molecular weight is 366 g/mol. The number of benzene rings is 3. The fourth-order valence-electron chi connectivity index (χ4n) is 3.41. The summed E-state index contributed by atoms with van der Waals surface area (Å²) in [4.78, 5) is 2.15. The van der Waals surface area contributed by atoms with Crippen LogP contribution in [0.3, 0.4) is 0 Å². The third kappa shape index (κ3) is 3.51. The van der Waals surface area contributed by atoms with E-state index in [4.69, 9.17) is 17.0 Å². The minimum atomic E-state index is 0.321. The molecule has 0 saturated heterocycles. The zero-order valence-corrected chi connectivity index (χ0v) is 15.5. The topological polar surface area (TPSA) is 12.5 Å². The third-order valence-electron chi connectivity index (χ3n) is 4.70. The van der Waals surface area contributed by atoms with Crippen LogP contribution in [0.15, 0.2) is 66.7 Å². The van der Waals surface area contributed by atoms with Crippen LogP contribution in [-0.2, 0) is 6.54 Å². The lowest BCUT2D eigenvalue weighted by Gasteiger charge is -2.26. The SMILES string of the molecule is S=C(S)N(Cc1ccc2ccccc2c1)CC1COc2ccccc21. The van der Waals surface area contributed by atoms with Crippen molar-refractivity contribution in [1.29, 1.82) is 0 Å². The van der Waals surface area contributed by atoms with Crippen LogP contribution in [0.25, 0.3) is 10.8 Å². The Kier molecular flexibility index (Phi) is 4.64. The summed E-state index contributed by atoms with van der Waals surface area (Å²) in [6.45, 7) is 2.27. The fraction of sp³-hybridized carbons (Fsp3) is 0.190. The van der Waals surface area contributed by atoms with Crippen LogP contribution in [-0.4, -0.2) is 22.4 Å². The van der Waals surface area contributed by atoms with Crippen molar-refractivity contribution in [3.63, 3.8) is 0 Å². The molecule has 1 aliphatic rings. The normalized spacial score (nSPS) is 15.6.